The second-order valence-corrected chi connectivity index (χ2v) is 14.7. The van der Waals surface area contributed by atoms with E-state index in [9.17, 15) is 52.9 Å². The normalized spacial score (nSPS) is 12.0. The molecule has 268 valence electrons. The first-order valence-corrected chi connectivity index (χ1v) is 18.4. The van der Waals surface area contributed by atoms with Crippen molar-refractivity contribution >= 4 is 53.8 Å². The Hall–Kier alpha value is -5.00. The highest BCUT2D eigenvalue weighted by Crippen LogP contribution is 2.31. The summed E-state index contributed by atoms with van der Waals surface area (Å²) < 4.78 is 137. The second kappa shape index (κ2) is 15.1. The minimum atomic E-state index is -4.53. The van der Waals surface area contributed by atoms with Crippen LogP contribution < -0.4 is 9.30 Å². The zero-order valence-corrected chi connectivity index (χ0v) is 28.0. The highest BCUT2D eigenvalue weighted by Gasteiger charge is 2.34. The lowest BCUT2D eigenvalue weighted by Gasteiger charge is -2.24. The number of hydrogen-bond donors (Lipinski definition) is 0. The molecule has 51 heavy (non-hydrogen) atoms. The summed E-state index contributed by atoms with van der Waals surface area (Å²) in [4.78, 5) is 27.0. The van der Waals surface area contributed by atoms with E-state index in [4.69, 9.17) is 0 Å². The van der Waals surface area contributed by atoms with Crippen LogP contribution in [0, 0.1) is 29.1 Å². The number of carbonyl (C=O) groups is 2. The van der Waals surface area contributed by atoms with Gasteiger partial charge in [0.1, 0.15) is 0 Å². The molecule has 0 aliphatic rings. The Balaban J connectivity index is 1.53. The predicted molar refractivity (Wildman–Crippen MR) is 172 cm³/mol. The van der Waals surface area contributed by atoms with Crippen molar-refractivity contribution in [2.45, 2.75) is 31.6 Å². The first-order chi connectivity index (χ1) is 24.1. The van der Waals surface area contributed by atoms with Crippen LogP contribution in [0.2, 0.25) is 0 Å². The topological polar surface area (TPSA) is 142 Å². The average molecular weight is 751 g/mol. The highest BCUT2D eigenvalue weighted by molar-refractivity contribution is 7.88. The molecule has 0 spiro atoms. The maximum Gasteiger partial charge on any atom is 0.311 e. The Morgan fingerprint density at radius 1 is 0.706 bits per heavy atom. The van der Waals surface area contributed by atoms with Gasteiger partial charge in [-0.15, -0.1) is 0 Å². The standard InChI is InChI=1S/C34H27F5N2O8S2/c35-28-29(36)31(38)33(32(39)30(28)37)49-26(42)16-8-18-41(50(44,45)20-21-10-2-1-3-11-21)34(43)27-22-12-4-6-14-24(22)40(17-9-19-51(46,47)48)25-15-7-5-13-23(25)27/h1-7,10-15H,8-9,16-20H2. The molecule has 0 aliphatic carbocycles. The number of carbonyl (C=O) groups excluding carboxylic acids is 2. The lowest BCUT2D eigenvalue weighted by Crippen LogP contribution is -2.41. The third kappa shape index (κ3) is 8.16. The lowest BCUT2D eigenvalue weighted by molar-refractivity contribution is -0.645. The summed E-state index contributed by atoms with van der Waals surface area (Å²) in [5.74, 6) is -17.5. The number of benzene rings is 4. The molecular formula is C34H27F5N2O8S2. The maximum atomic E-state index is 14.5. The van der Waals surface area contributed by atoms with Gasteiger partial charge in [0.2, 0.25) is 55.9 Å². The monoisotopic (exact) mass is 750 g/mol. The van der Waals surface area contributed by atoms with Gasteiger partial charge in [-0.25, -0.2) is 34.3 Å². The Morgan fingerprint density at radius 3 is 1.76 bits per heavy atom. The maximum absolute atomic E-state index is 14.5. The molecule has 0 bridgehead atoms. The van der Waals surface area contributed by atoms with Crippen molar-refractivity contribution in [3.63, 3.8) is 0 Å². The Morgan fingerprint density at radius 2 is 1.22 bits per heavy atom. The van der Waals surface area contributed by atoms with Gasteiger partial charge < -0.3 is 9.29 Å². The van der Waals surface area contributed by atoms with Gasteiger partial charge in [-0.05, 0) is 24.1 Å². The van der Waals surface area contributed by atoms with Crippen molar-refractivity contribution in [2.24, 2.45) is 0 Å². The average Bonchev–Trinajstić information content (AvgIpc) is 3.09. The zero-order chi connectivity index (χ0) is 37.1. The third-order valence-electron chi connectivity index (χ3n) is 7.80. The summed E-state index contributed by atoms with van der Waals surface area (Å²) in [7, 11) is -9.05. The van der Waals surface area contributed by atoms with E-state index in [0.29, 0.717) is 20.9 Å². The van der Waals surface area contributed by atoms with Crippen LogP contribution in [0.3, 0.4) is 0 Å². The van der Waals surface area contributed by atoms with Crippen LogP contribution in [0.1, 0.15) is 35.2 Å². The molecule has 1 amide bonds. The van der Waals surface area contributed by atoms with Crippen LogP contribution in [0.15, 0.2) is 78.9 Å². The Kier molecular flexibility index (Phi) is 11.0. The van der Waals surface area contributed by atoms with Crippen LogP contribution in [0.25, 0.3) is 21.8 Å². The number of hydrogen-bond acceptors (Lipinski definition) is 8. The number of nitrogens with zero attached hydrogens (tertiary/aromatic N) is 2. The second-order valence-electron chi connectivity index (χ2n) is 11.3. The molecular weight excluding hydrogens is 724 g/mol. The number of halogens is 5. The number of amides is 1. The van der Waals surface area contributed by atoms with Gasteiger partial charge in [-0.3, -0.25) is 9.59 Å². The molecule has 0 saturated heterocycles. The molecule has 5 rings (SSSR count). The molecule has 0 N–H and O–H groups in total. The smallest absolute Gasteiger partial charge is 0.311 e. The van der Waals surface area contributed by atoms with Gasteiger partial charge in [-0.2, -0.15) is 13.3 Å². The number of fused-ring (bicyclic) bond motifs is 2. The molecule has 17 heteroatoms. The molecule has 5 aromatic rings. The SMILES string of the molecule is O=C(CCCN(C(=O)c1c2ccccc2[n+](CCCS(=O)(=O)[O-])c2ccccc12)S(=O)(=O)Cc1ccccc1)Oc1c(F)c(F)c(F)c(F)c1F. The fraction of sp³-hybridized carbons (Fsp3) is 0.206. The largest absolute Gasteiger partial charge is 0.748 e. The number of pyridine rings is 1. The fourth-order valence-electron chi connectivity index (χ4n) is 5.55. The zero-order valence-electron chi connectivity index (χ0n) is 26.3. The lowest BCUT2D eigenvalue weighted by atomic mass is 10.0. The predicted octanol–water partition coefficient (Wildman–Crippen LogP) is 5.27. The van der Waals surface area contributed by atoms with Crippen molar-refractivity contribution in [1.82, 2.24) is 4.31 Å². The van der Waals surface area contributed by atoms with Crippen LogP contribution >= 0.6 is 0 Å². The van der Waals surface area contributed by atoms with Gasteiger partial charge in [0.05, 0.1) is 32.2 Å². The van der Waals surface area contributed by atoms with E-state index in [1.807, 2.05) is 0 Å². The molecule has 4 aromatic carbocycles. The van der Waals surface area contributed by atoms with Crippen molar-refractivity contribution < 1.29 is 62.2 Å². The van der Waals surface area contributed by atoms with Crippen molar-refractivity contribution in [3.05, 3.63) is 119 Å². The van der Waals surface area contributed by atoms with E-state index in [-0.39, 0.29) is 29.3 Å². The molecule has 1 heterocycles. The van der Waals surface area contributed by atoms with Crippen LogP contribution in [-0.2, 0) is 37.2 Å². The first kappa shape index (κ1) is 37.3. The van der Waals surface area contributed by atoms with E-state index < -0.39 is 97.7 Å². The number of sulfonamides is 1. The molecule has 0 radical (unpaired) electrons. The van der Waals surface area contributed by atoms with Gasteiger partial charge in [0, 0.05) is 37.3 Å². The minimum Gasteiger partial charge on any atom is -0.748 e. The molecule has 0 saturated carbocycles. The van der Waals surface area contributed by atoms with E-state index in [1.54, 1.807) is 71.3 Å². The molecule has 1 aromatic heterocycles. The summed E-state index contributed by atoms with van der Waals surface area (Å²) in [6, 6.07) is 20.7. The molecule has 10 nitrogen and oxygen atoms in total. The van der Waals surface area contributed by atoms with Crippen LogP contribution in [0.5, 0.6) is 5.75 Å². The van der Waals surface area contributed by atoms with Crippen LogP contribution in [0.4, 0.5) is 22.0 Å². The van der Waals surface area contributed by atoms with E-state index in [0.717, 1.165) is 0 Å². The summed E-state index contributed by atoms with van der Waals surface area (Å²) in [6.45, 7) is -0.614. The number of ether oxygens (including phenoxy) is 1. The number of rotatable bonds is 13. The molecule has 0 atom stereocenters. The van der Waals surface area contributed by atoms with Crippen molar-refractivity contribution in [2.75, 3.05) is 12.3 Å². The van der Waals surface area contributed by atoms with Crippen molar-refractivity contribution in [1.29, 1.82) is 0 Å². The summed E-state index contributed by atoms with van der Waals surface area (Å²) in [5.41, 5.74) is 1.08. The van der Waals surface area contributed by atoms with Gasteiger partial charge in [-0.1, -0.05) is 54.6 Å². The van der Waals surface area contributed by atoms with Gasteiger partial charge in [0.25, 0.3) is 5.91 Å². The number of para-hydroxylation sites is 2. The van der Waals surface area contributed by atoms with E-state index >= 15 is 0 Å². The van der Waals surface area contributed by atoms with E-state index in [1.165, 1.54) is 12.1 Å². The first-order valence-electron chi connectivity index (χ1n) is 15.2. The number of aryl methyl sites for hydroxylation is 1. The molecule has 0 aliphatic heterocycles. The molecule has 0 fully saturated rings. The van der Waals surface area contributed by atoms with E-state index in [2.05, 4.69) is 4.74 Å². The number of esters is 1. The Labute approximate surface area is 288 Å². The number of aromatic nitrogens is 1. The van der Waals surface area contributed by atoms with Gasteiger partial charge in [0.15, 0.2) is 6.54 Å². The third-order valence-corrected chi connectivity index (χ3v) is 10.3. The quantitative estimate of drug-likeness (QED) is 0.0232. The van der Waals surface area contributed by atoms with Gasteiger partial charge >= 0.3 is 5.97 Å². The molecule has 0 unspecified atom stereocenters. The van der Waals surface area contributed by atoms with Crippen LogP contribution in [-0.4, -0.2) is 49.9 Å². The minimum absolute atomic E-state index is 0.0537. The fourth-order valence-corrected chi connectivity index (χ4v) is 7.55. The van der Waals surface area contributed by atoms with Crippen molar-refractivity contribution in [3.8, 4) is 5.75 Å². The summed E-state index contributed by atoms with van der Waals surface area (Å²) in [6.07, 6.45) is -1.35. The summed E-state index contributed by atoms with van der Waals surface area (Å²) in [5, 5.41) is 0.550. The highest BCUT2D eigenvalue weighted by atomic mass is 32.2. The Bertz CT molecular complexity index is 2290. The summed E-state index contributed by atoms with van der Waals surface area (Å²) >= 11 is 0.